The average Bonchev–Trinajstić information content (AvgIpc) is 1.67. The van der Waals surface area contributed by atoms with Crippen LogP contribution in [-0.4, -0.2) is 46.2 Å². The Bertz CT molecular complexity index is 84.3. The van der Waals surface area contributed by atoms with E-state index in [0.717, 1.165) is 0 Å². The Kier molecular flexibility index (Phi) is 8.44. The van der Waals surface area contributed by atoms with E-state index in [1.54, 1.807) is 0 Å². The summed E-state index contributed by atoms with van der Waals surface area (Å²) in [6, 6.07) is 0. The number of carboxylic acid groups (broad SMARTS) is 1. The molecule has 1 atom stereocenters. The monoisotopic (exact) mass is 240 g/mol. The Morgan fingerprint density at radius 3 is 2.22 bits per heavy atom. The summed E-state index contributed by atoms with van der Waals surface area (Å²) in [7, 11) is 0. The van der Waals surface area contributed by atoms with Crippen molar-refractivity contribution in [2.45, 2.75) is 25.9 Å². The first-order valence-corrected chi connectivity index (χ1v) is 2.59. The van der Waals surface area contributed by atoms with Crippen LogP contribution >= 0.6 is 0 Å². The summed E-state index contributed by atoms with van der Waals surface area (Å²) < 4.78 is 0. The quantitative estimate of drug-likeness (QED) is 0.641. The number of hydrogen-bond acceptors (Lipinski definition) is 2. The minimum absolute atomic E-state index is 0. The molecule has 2 radical (unpaired) electrons. The van der Waals surface area contributed by atoms with E-state index in [1.807, 2.05) is 6.92 Å². The van der Waals surface area contributed by atoms with Gasteiger partial charge in [-0.3, -0.25) is 0 Å². The third-order valence-electron chi connectivity index (χ3n) is 0.847. The zero-order valence-electron chi connectivity index (χ0n) is 5.50. The van der Waals surface area contributed by atoms with Gasteiger partial charge in [0.2, 0.25) is 0 Å². The van der Waals surface area contributed by atoms with Crippen molar-refractivity contribution in [2.24, 2.45) is 0 Å². The molecule has 0 aromatic rings. The molecule has 4 heteroatoms. The van der Waals surface area contributed by atoms with Crippen LogP contribution in [0.25, 0.3) is 0 Å². The molecule has 0 rings (SSSR count). The number of carboxylic acids is 1. The molecule has 0 aromatic carbocycles. The second kappa shape index (κ2) is 6.35. The first kappa shape index (κ1) is 12.0. The maximum atomic E-state index is 9.84. The van der Waals surface area contributed by atoms with Crippen LogP contribution in [0.3, 0.4) is 0 Å². The fraction of sp³-hybridized carbons (Fsp3) is 0.800. The molecule has 1 unspecified atom stereocenters. The van der Waals surface area contributed by atoms with E-state index in [4.69, 9.17) is 10.2 Å². The number of rotatable bonds is 3. The van der Waals surface area contributed by atoms with Gasteiger partial charge in [0.1, 0.15) is 0 Å². The Hall–Kier alpha value is 0.229. The van der Waals surface area contributed by atoms with Gasteiger partial charge in [0.15, 0.2) is 6.10 Å². The summed E-state index contributed by atoms with van der Waals surface area (Å²) in [6.07, 6.45) is -0.122. The minimum atomic E-state index is -1.17. The molecule has 0 heterocycles. The van der Waals surface area contributed by atoms with Gasteiger partial charge in [-0.15, -0.1) is 0 Å². The number of carbonyl (C=O) groups is 1. The standard InChI is InChI=1S/C5H10O3.Sn.2H/c1-2-3-4(6)5(7)8;;;/h4,6H,2-3H2,1H3,(H,7,8);;;. The molecule has 9 heavy (non-hydrogen) atoms. The summed E-state index contributed by atoms with van der Waals surface area (Å²) in [4.78, 5) is 9.84. The van der Waals surface area contributed by atoms with Crippen LogP contribution in [0.5, 0.6) is 0 Å². The summed E-state index contributed by atoms with van der Waals surface area (Å²) in [5, 5.41) is 16.6. The first-order chi connectivity index (χ1) is 3.68. The van der Waals surface area contributed by atoms with Gasteiger partial charge in [0.25, 0.3) is 0 Å². The molecule has 2 N–H and O–H groups in total. The first-order valence-electron chi connectivity index (χ1n) is 2.59. The molecule has 0 saturated heterocycles. The van der Waals surface area contributed by atoms with Gasteiger partial charge in [-0.1, -0.05) is 13.3 Å². The van der Waals surface area contributed by atoms with Crippen LogP contribution in [0.4, 0.5) is 0 Å². The Morgan fingerprint density at radius 2 is 2.11 bits per heavy atom. The molecule has 0 aliphatic heterocycles. The Balaban J connectivity index is 0. The molecular weight excluding hydrogens is 227 g/mol. The van der Waals surface area contributed by atoms with E-state index < -0.39 is 12.1 Å². The number of aliphatic carboxylic acids is 1. The van der Waals surface area contributed by atoms with E-state index in [9.17, 15) is 4.79 Å². The Labute approximate surface area is 71.0 Å². The van der Waals surface area contributed by atoms with Crippen molar-refractivity contribution in [2.75, 3.05) is 0 Å². The second-order valence-corrected chi connectivity index (χ2v) is 1.64. The van der Waals surface area contributed by atoms with Gasteiger partial charge in [0.05, 0.1) is 0 Å². The predicted molar refractivity (Wildman–Crippen MR) is 37.1 cm³/mol. The van der Waals surface area contributed by atoms with Crippen molar-refractivity contribution in [3.05, 3.63) is 0 Å². The fourth-order valence-corrected chi connectivity index (χ4v) is 0.397. The van der Waals surface area contributed by atoms with Crippen molar-refractivity contribution in [1.82, 2.24) is 0 Å². The van der Waals surface area contributed by atoms with Gasteiger partial charge >= 0.3 is 29.9 Å². The van der Waals surface area contributed by atoms with Gasteiger partial charge < -0.3 is 10.2 Å². The third kappa shape index (κ3) is 6.11. The number of hydrogen-bond donors (Lipinski definition) is 2. The van der Waals surface area contributed by atoms with Crippen molar-refractivity contribution >= 4 is 29.9 Å². The molecule has 0 spiro atoms. The van der Waals surface area contributed by atoms with Crippen molar-refractivity contribution in [1.29, 1.82) is 0 Å². The van der Waals surface area contributed by atoms with Gasteiger partial charge in [-0.25, -0.2) is 4.79 Å². The summed E-state index contributed by atoms with van der Waals surface area (Å²) >= 11 is 0. The summed E-state index contributed by atoms with van der Waals surface area (Å²) in [6.45, 7) is 1.83. The molecule has 0 amide bonds. The Morgan fingerprint density at radius 1 is 1.67 bits per heavy atom. The van der Waals surface area contributed by atoms with Gasteiger partial charge in [0, 0.05) is 0 Å². The van der Waals surface area contributed by atoms with Crippen LogP contribution in [0.1, 0.15) is 19.8 Å². The van der Waals surface area contributed by atoms with Gasteiger partial charge in [-0.2, -0.15) is 0 Å². The van der Waals surface area contributed by atoms with E-state index in [1.165, 1.54) is 0 Å². The predicted octanol–water partition coefficient (Wildman–Crippen LogP) is -0.684. The molecule has 3 nitrogen and oxygen atoms in total. The molecule has 0 aliphatic rings. The fourth-order valence-electron chi connectivity index (χ4n) is 0.397. The van der Waals surface area contributed by atoms with E-state index >= 15 is 0 Å². The second-order valence-electron chi connectivity index (χ2n) is 1.64. The van der Waals surface area contributed by atoms with E-state index in [0.29, 0.717) is 12.8 Å². The molecule has 0 saturated carbocycles. The van der Waals surface area contributed by atoms with Crippen molar-refractivity contribution in [3.63, 3.8) is 0 Å². The van der Waals surface area contributed by atoms with Crippen LogP contribution in [0, 0.1) is 0 Å². The molecular formula is C5H12O3Sn. The van der Waals surface area contributed by atoms with E-state index in [2.05, 4.69) is 0 Å². The normalized spacial score (nSPS) is 11.8. The zero-order valence-corrected chi connectivity index (χ0v) is 9.54. The number of aliphatic hydroxyl groups excluding tert-OH is 1. The average molecular weight is 239 g/mol. The van der Waals surface area contributed by atoms with Gasteiger partial charge in [-0.05, 0) is 6.42 Å². The van der Waals surface area contributed by atoms with E-state index in [-0.39, 0.29) is 23.9 Å². The third-order valence-corrected chi connectivity index (χ3v) is 0.847. The molecule has 0 aromatic heterocycles. The van der Waals surface area contributed by atoms with Crippen LogP contribution in [0.2, 0.25) is 0 Å². The molecule has 54 valence electrons. The SMILES string of the molecule is CCCC(O)C(=O)O.[SnH2]. The maximum absolute atomic E-state index is 9.84. The van der Waals surface area contributed by atoms with Crippen molar-refractivity contribution in [3.8, 4) is 0 Å². The zero-order chi connectivity index (χ0) is 6.57. The van der Waals surface area contributed by atoms with Crippen LogP contribution < -0.4 is 0 Å². The van der Waals surface area contributed by atoms with Crippen molar-refractivity contribution < 1.29 is 15.0 Å². The topological polar surface area (TPSA) is 57.5 Å². The summed E-state index contributed by atoms with van der Waals surface area (Å²) in [5.74, 6) is -1.13. The van der Waals surface area contributed by atoms with Crippen LogP contribution in [-0.2, 0) is 4.79 Å². The van der Waals surface area contributed by atoms with Crippen LogP contribution in [0.15, 0.2) is 0 Å². The molecule has 0 bridgehead atoms. The molecule has 0 fully saturated rings. The number of aliphatic hydroxyl groups is 1. The summed E-state index contributed by atoms with van der Waals surface area (Å²) in [5.41, 5.74) is 0. The molecule has 0 aliphatic carbocycles.